The van der Waals surface area contributed by atoms with Crippen molar-refractivity contribution in [2.24, 2.45) is 0 Å². The number of amides is 1. The molecule has 12 heteroatoms. The van der Waals surface area contributed by atoms with Crippen molar-refractivity contribution in [3.63, 3.8) is 0 Å². The van der Waals surface area contributed by atoms with Crippen LogP contribution in [0.1, 0.15) is 55.6 Å². The molecule has 1 amide bonds. The van der Waals surface area contributed by atoms with E-state index in [4.69, 9.17) is 9.47 Å². The Morgan fingerprint density at radius 3 is 2.28 bits per heavy atom. The Hall–Kier alpha value is -3.96. The Kier molecular flexibility index (Phi) is 8.09. The van der Waals surface area contributed by atoms with E-state index < -0.39 is 77.4 Å². The van der Waals surface area contributed by atoms with E-state index >= 15 is 8.78 Å². The van der Waals surface area contributed by atoms with E-state index in [0.717, 1.165) is 24.0 Å². The third kappa shape index (κ3) is 6.73. The average molecular weight is 555 g/mol. The maximum absolute atomic E-state index is 15.1. The van der Waals surface area contributed by atoms with E-state index in [0.29, 0.717) is 6.07 Å². The largest absolute Gasteiger partial charge is 0.482 e. The minimum Gasteiger partial charge on any atom is -0.482 e. The van der Waals surface area contributed by atoms with Crippen molar-refractivity contribution < 1.29 is 50.9 Å². The fraction of sp³-hybridized carbons (Fsp3) is 0.370. The van der Waals surface area contributed by atoms with Crippen molar-refractivity contribution in [1.82, 2.24) is 0 Å². The molecular weight excluding hydrogens is 529 g/mol. The van der Waals surface area contributed by atoms with Crippen LogP contribution in [0.2, 0.25) is 0 Å². The highest BCUT2D eigenvalue weighted by Gasteiger charge is 2.44. The average Bonchev–Trinajstić information content (AvgIpc) is 2.93. The number of ether oxygens (including phenoxy) is 2. The second kappa shape index (κ2) is 10.7. The predicted molar refractivity (Wildman–Crippen MR) is 131 cm³/mol. The van der Waals surface area contributed by atoms with Crippen molar-refractivity contribution in [2.45, 2.75) is 51.8 Å². The van der Waals surface area contributed by atoms with Crippen LogP contribution in [0, 0.1) is 0 Å². The minimum absolute atomic E-state index is 0.159. The van der Waals surface area contributed by atoms with Crippen LogP contribution in [0.15, 0.2) is 48.0 Å². The van der Waals surface area contributed by atoms with Crippen molar-refractivity contribution in [3.8, 4) is 5.75 Å². The topological polar surface area (TPSA) is 93.1 Å². The number of esters is 1. The SMILES string of the molecule is CC(C(=O)O)=C1c2ccccc2N(C(=O)c2ccc(OCC(=O)OC(C)(C)C)cc2C(F)(F)F)CCC1(F)F. The maximum Gasteiger partial charge on any atom is 0.417 e. The lowest BCUT2D eigenvalue weighted by molar-refractivity contribution is -0.157. The summed E-state index contributed by atoms with van der Waals surface area (Å²) in [4.78, 5) is 37.7. The fourth-order valence-corrected chi connectivity index (χ4v) is 4.10. The zero-order chi connectivity index (χ0) is 29.3. The minimum atomic E-state index is -5.05. The first-order valence-corrected chi connectivity index (χ1v) is 11.7. The number of carboxylic acid groups (broad SMARTS) is 1. The molecule has 0 spiro atoms. The van der Waals surface area contributed by atoms with E-state index in [1.807, 2.05) is 0 Å². The molecule has 0 aromatic heterocycles. The summed E-state index contributed by atoms with van der Waals surface area (Å²) in [6, 6.07) is 7.62. The van der Waals surface area contributed by atoms with Gasteiger partial charge in [0.05, 0.1) is 16.8 Å². The number of anilines is 1. The van der Waals surface area contributed by atoms with Crippen LogP contribution in [-0.4, -0.2) is 47.6 Å². The van der Waals surface area contributed by atoms with Gasteiger partial charge in [-0.25, -0.2) is 18.4 Å². The number of hydrogen-bond acceptors (Lipinski definition) is 5. The summed E-state index contributed by atoms with van der Waals surface area (Å²) in [5.41, 5.74) is -4.99. The molecule has 7 nitrogen and oxygen atoms in total. The number of hydrogen-bond donors (Lipinski definition) is 1. The summed E-state index contributed by atoms with van der Waals surface area (Å²) in [6.07, 6.45) is -6.07. The molecule has 1 aliphatic heterocycles. The molecule has 1 aliphatic rings. The number of carboxylic acids is 1. The number of rotatable bonds is 5. The maximum atomic E-state index is 15.1. The Balaban J connectivity index is 2.05. The first-order chi connectivity index (χ1) is 17.9. The molecule has 0 saturated carbocycles. The molecule has 0 bridgehead atoms. The molecule has 2 aromatic carbocycles. The Morgan fingerprint density at radius 1 is 1.05 bits per heavy atom. The first kappa shape index (κ1) is 29.6. The molecule has 39 heavy (non-hydrogen) atoms. The highest BCUT2D eigenvalue weighted by molar-refractivity contribution is 6.10. The number of nitrogens with zero attached hydrogens (tertiary/aromatic N) is 1. The third-order valence-corrected chi connectivity index (χ3v) is 5.72. The number of para-hydroxylation sites is 1. The van der Waals surface area contributed by atoms with E-state index in [1.165, 1.54) is 24.3 Å². The number of alkyl halides is 5. The number of fused-ring (bicyclic) bond motifs is 1. The Labute approximate surface area is 220 Å². The standard InChI is InChI=1S/C27H26F5NO6/c1-15(24(36)37)22-18-7-5-6-8-20(18)33(12-11-26(22,28)29)23(35)17-10-9-16(13-19(17)27(30,31)32)38-14-21(34)39-25(2,3)4/h5-10,13H,11-12,14H2,1-4H3,(H,36,37). The number of allylic oxidation sites excluding steroid dienone is 1. The van der Waals surface area contributed by atoms with E-state index in [2.05, 4.69) is 0 Å². The van der Waals surface area contributed by atoms with Gasteiger partial charge >= 0.3 is 18.1 Å². The van der Waals surface area contributed by atoms with Gasteiger partial charge in [0, 0.05) is 29.7 Å². The second-order valence-corrected chi connectivity index (χ2v) is 9.81. The molecule has 0 fully saturated rings. The van der Waals surface area contributed by atoms with Gasteiger partial charge in [-0.15, -0.1) is 0 Å². The predicted octanol–water partition coefficient (Wildman–Crippen LogP) is 5.97. The van der Waals surface area contributed by atoms with E-state index in [-0.39, 0.29) is 17.0 Å². The second-order valence-electron chi connectivity index (χ2n) is 9.81. The number of aliphatic carboxylic acids is 1. The molecule has 210 valence electrons. The van der Waals surface area contributed by atoms with Crippen molar-refractivity contribution in [3.05, 3.63) is 64.7 Å². The van der Waals surface area contributed by atoms with Crippen LogP contribution in [0.3, 0.4) is 0 Å². The summed E-state index contributed by atoms with van der Waals surface area (Å²) in [5.74, 6) is -7.69. The summed E-state index contributed by atoms with van der Waals surface area (Å²) in [5, 5.41) is 9.38. The molecule has 0 saturated heterocycles. The van der Waals surface area contributed by atoms with Crippen molar-refractivity contribution in [2.75, 3.05) is 18.1 Å². The van der Waals surface area contributed by atoms with Gasteiger partial charge in [0.25, 0.3) is 11.8 Å². The van der Waals surface area contributed by atoms with Crippen LogP contribution >= 0.6 is 0 Å². The lowest BCUT2D eigenvalue weighted by Crippen LogP contribution is -2.34. The van der Waals surface area contributed by atoms with Crippen LogP contribution in [0.25, 0.3) is 5.57 Å². The summed E-state index contributed by atoms with van der Waals surface area (Å²) in [6.45, 7) is 4.43. The smallest absolute Gasteiger partial charge is 0.417 e. The normalized spacial score (nSPS) is 16.6. The monoisotopic (exact) mass is 555 g/mol. The van der Waals surface area contributed by atoms with E-state index in [1.54, 1.807) is 20.8 Å². The Morgan fingerprint density at radius 2 is 1.69 bits per heavy atom. The summed E-state index contributed by atoms with van der Waals surface area (Å²) < 4.78 is 82.5. The quantitative estimate of drug-likeness (QED) is 0.278. The molecule has 0 atom stereocenters. The van der Waals surface area contributed by atoms with Gasteiger partial charge in [-0.05, 0) is 52.0 Å². The molecule has 1 heterocycles. The van der Waals surface area contributed by atoms with Crippen LogP contribution in [-0.2, 0) is 20.5 Å². The highest BCUT2D eigenvalue weighted by atomic mass is 19.4. The summed E-state index contributed by atoms with van der Waals surface area (Å²) >= 11 is 0. The molecule has 1 N–H and O–H groups in total. The lowest BCUT2D eigenvalue weighted by atomic mass is 9.93. The van der Waals surface area contributed by atoms with Crippen molar-refractivity contribution in [1.29, 1.82) is 0 Å². The van der Waals surface area contributed by atoms with Gasteiger partial charge in [0.1, 0.15) is 11.4 Å². The van der Waals surface area contributed by atoms with Gasteiger partial charge in [0.2, 0.25) is 0 Å². The fourth-order valence-electron chi connectivity index (χ4n) is 4.10. The molecule has 3 rings (SSSR count). The zero-order valence-corrected chi connectivity index (χ0v) is 21.5. The number of carbonyl (C=O) groups excluding carboxylic acids is 2. The van der Waals surface area contributed by atoms with E-state index in [9.17, 15) is 32.7 Å². The van der Waals surface area contributed by atoms with Gasteiger partial charge in [-0.2, -0.15) is 13.2 Å². The molecule has 2 aromatic rings. The molecule has 0 radical (unpaired) electrons. The number of carbonyl (C=O) groups is 3. The molecule has 0 aliphatic carbocycles. The molecule has 0 unspecified atom stereocenters. The third-order valence-electron chi connectivity index (χ3n) is 5.72. The Bertz CT molecular complexity index is 1330. The molecular formula is C27H26F5NO6. The van der Waals surface area contributed by atoms with Crippen LogP contribution in [0.5, 0.6) is 5.75 Å². The van der Waals surface area contributed by atoms with Crippen LogP contribution < -0.4 is 9.64 Å². The number of halogens is 5. The lowest BCUT2D eigenvalue weighted by Gasteiger charge is -2.25. The zero-order valence-electron chi connectivity index (χ0n) is 21.5. The number of benzene rings is 2. The highest BCUT2D eigenvalue weighted by Crippen LogP contribution is 2.45. The van der Waals surface area contributed by atoms with Gasteiger partial charge < -0.3 is 19.5 Å². The van der Waals surface area contributed by atoms with Gasteiger partial charge in [-0.3, -0.25) is 4.79 Å². The van der Waals surface area contributed by atoms with Gasteiger partial charge in [0.15, 0.2) is 6.61 Å². The van der Waals surface area contributed by atoms with Crippen LogP contribution in [0.4, 0.5) is 27.6 Å². The van der Waals surface area contributed by atoms with Crippen molar-refractivity contribution >= 4 is 29.1 Å². The first-order valence-electron chi connectivity index (χ1n) is 11.7. The summed E-state index contributed by atoms with van der Waals surface area (Å²) in [7, 11) is 0. The van der Waals surface area contributed by atoms with Gasteiger partial charge in [-0.1, -0.05) is 18.2 Å².